The second-order valence-electron chi connectivity index (χ2n) is 5.61. The van der Waals surface area contributed by atoms with Gasteiger partial charge in [0.15, 0.2) is 0 Å². The van der Waals surface area contributed by atoms with Crippen LogP contribution in [-0.4, -0.2) is 12.8 Å². The Morgan fingerprint density at radius 2 is 1.62 bits per heavy atom. The Morgan fingerprint density at radius 3 is 2.21 bits per heavy atom. The molecule has 0 fully saturated rings. The summed E-state index contributed by atoms with van der Waals surface area (Å²) in [6, 6.07) is 16.4. The van der Waals surface area contributed by atoms with Crippen molar-refractivity contribution < 1.29 is 14.3 Å². The van der Waals surface area contributed by atoms with Crippen LogP contribution < -0.4 is 4.74 Å². The van der Waals surface area contributed by atoms with Gasteiger partial charge in [-0.25, -0.2) is 4.79 Å². The molecular formula is C21H24O3. The molecule has 2 aromatic rings. The highest BCUT2D eigenvalue weighted by molar-refractivity contribution is 5.81. The lowest BCUT2D eigenvalue weighted by Crippen LogP contribution is -2.07. The van der Waals surface area contributed by atoms with Crippen molar-refractivity contribution in [2.45, 2.75) is 32.6 Å². The molecule has 0 N–H and O–H groups in total. The molecule has 0 unspecified atom stereocenters. The van der Waals surface area contributed by atoms with Gasteiger partial charge in [0.25, 0.3) is 0 Å². The Bertz CT molecular complexity index is 642. The van der Waals surface area contributed by atoms with Gasteiger partial charge in [0.05, 0.1) is 0 Å². The number of unbranched alkanes of at least 4 members (excludes halogenated alkanes) is 2. The van der Waals surface area contributed by atoms with Gasteiger partial charge in [0, 0.05) is 6.08 Å². The van der Waals surface area contributed by atoms with Crippen molar-refractivity contribution in [3.8, 4) is 16.9 Å². The lowest BCUT2D eigenvalue weighted by atomic mass is 10.0. The van der Waals surface area contributed by atoms with E-state index in [-0.39, 0.29) is 6.79 Å². The highest BCUT2D eigenvalue weighted by Crippen LogP contribution is 2.23. The van der Waals surface area contributed by atoms with Crippen LogP contribution in [-0.2, 0) is 16.0 Å². The summed E-state index contributed by atoms with van der Waals surface area (Å²) < 4.78 is 10.1. The first-order chi connectivity index (χ1) is 11.7. The van der Waals surface area contributed by atoms with E-state index in [4.69, 9.17) is 9.47 Å². The molecule has 3 heteroatoms. The first-order valence-electron chi connectivity index (χ1n) is 8.34. The minimum Gasteiger partial charge on any atom is -0.457 e. The maximum atomic E-state index is 10.9. The summed E-state index contributed by atoms with van der Waals surface area (Å²) in [5.74, 6) is 0.164. The predicted octanol–water partition coefficient (Wildman–Crippen LogP) is 5.15. The van der Waals surface area contributed by atoms with E-state index >= 15 is 0 Å². The van der Waals surface area contributed by atoms with E-state index in [0.29, 0.717) is 5.75 Å². The second-order valence-corrected chi connectivity index (χ2v) is 5.61. The quantitative estimate of drug-likeness (QED) is 0.277. The summed E-state index contributed by atoms with van der Waals surface area (Å²) in [6.07, 6.45) is 6.03. The molecule has 0 aromatic heterocycles. The standard InChI is InChI=1S/C21H24O3/c1-3-5-6-7-17-8-10-18(11-9-17)19-12-14-20(15-13-19)23-16-24-21(22)4-2/h4,8-15H,2-3,5-7,16H2,1H3. The number of aryl methyl sites for hydroxylation is 1. The van der Waals surface area contributed by atoms with E-state index in [0.717, 1.165) is 18.1 Å². The fourth-order valence-corrected chi connectivity index (χ4v) is 2.40. The number of carbonyl (C=O) groups excluding carboxylic acids is 1. The van der Waals surface area contributed by atoms with Gasteiger partial charge in [0.2, 0.25) is 6.79 Å². The highest BCUT2D eigenvalue weighted by atomic mass is 16.7. The number of rotatable bonds is 9. The van der Waals surface area contributed by atoms with E-state index in [9.17, 15) is 4.79 Å². The molecular weight excluding hydrogens is 300 g/mol. The fourth-order valence-electron chi connectivity index (χ4n) is 2.40. The zero-order valence-electron chi connectivity index (χ0n) is 14.2. The lowest BCUT2D eigenvalue weighted by molar-refractivity contribution is -0.144. The Hall–Kier alpha value is -2.55. The molecule has 0 saturated carbocycles. The minimum absolute atomic E-state index is 0.114. The molecule has 3 nitrogen and oxygen atoms in total. The van der Waals surface area contributed by atoms with Gasteiger partial charge >= 0.3 is 5.97 Å². The van der Waals surface area contributed by atoms with Crippen molar-refractivity contribution in [2.24, 2.45) is 0 Å². The Balaban J connectivity index is 1.90. The third-order valence-electron chi connectivity index (χ3n) is 3.80. The van der Waals surface area contributed by atoms with Crippen molar-refractivity contribution in [3.05, 3.63) is 66.7 Å². The third kappa shape index (κ3) is 5.58. The first-order valence-corrected chi connectivity index (χ1v) is 8.34. The van der Waals surface area contributed by atoms with Crippen LogP contribution in [0.1, 0.15) is 31.7 Å². The molecule has 24 heavy (non-hydrogen) atoms. The zero-order chi connectivity index (χ0) is 17.2. The van der Waals surface area contributed by atoms with Crippen LogP contribution in [0.4, 0.5) is 0 Å². The predicted molar refractivity (Wildman–Crippen MR) is 96.9 cm³/mol. The van der Waals surface area contributed by atoms with Gasteiger partial charge in [-0.05, 0) is 41.7 Å². The monoisotopic (exact) mass is 324 g/mol. The first kappa shape index (κ1) is 17.8. The summed E-state index contributed by atoms with van der Waals surface area (Å²) in [4.78, 5) is 10.9. The summed E-state index contributed by atoms with van der Waals surface area (Å²) in [6.45, 7) is 5.44. The average molecular weight is 324 g/mol. The fraction of sp³-hybridized carbons (Fsp3) is 0.286. The van der Waals surface area contributed by atoms with E-state index in [1.54, 1.807) is 0 Å². The summed E-state index contributed by atoms with van der Waals surface area (Å²) in [7, 11) is 0. The van der Waals surface area contributed by atoms with Gasteiger partial charge < -0.3 is 9.47 Å². The Labute approximate surface area is 143 Å². The topological polar surface area (TPSA) is 35.5 Å². The van der Waals surface area contributed by atoms with Gasteiger partial charge in [0.1, 0.15) is 5.75 Å². The second kappa shape index (κ2) is 9.56. The summed E-state index contributed by atoms with van der Waals surface area (Å²) in [5.41, 5.74) is 3.70. The van der Waals surface area contributed by atoms with Crippen molar-refractivity contribution in [2.75, 3.05) is 6.79 Å². The molecule has 0 saturated heterocycles. The van der Waals surface area contributed by atoms with Crippen molar-refractivity contribution in [1.82, 2.24) is 0 Å². The highest BCUT2D eigenvalue weighted by Gasteiger charge is 2.01. The van der Waals surface area contributed by atoms with Gasteiger partial charge in [-0.15, -0.1) is 0 Å². The van der Waals surface area contributed by atoms with Gasteiger partial charge in [-0.1, -0.05) is 62.7 Å². The van der Waals surface area contributed by atoms with Crippen molar-refractivity contribution >= 4 is 5.97 Å². The lowest BCUT2D eigenvalue weighted by Gasteiger charge is -2.08. The van der Waals surface area contributed by atoms with Crippen molar-refractivity contribution in [1.29, 1.82) is 0 Å². The molecule has 0 heterocycles. The van der Waals surface area contributed by atoms with E-state index in [1.165, 1.54) is 30.4 Å². The number of esters is 1. The molecule has 2 aromatic carbocycles. The normalized spacial score (nSPS) is 10.2. The number of ether oxygens (including phenoxy) is 2. The Morgan fingerprint density at radius 1 is 1.00 bits per heavy atom. The molecule has 2 rings (SSSR count). The molecule has 0 spiro atoms. The SMILES string of the molecule is C=CC(=O)OCOc1ccc(-c2ccc(CCCCC)cc2)cc1. The molecule has 0 bridgehead atoms. The van der Waals surface area contributed by atoms with Crippen LogP contribution in [0, 0.1) is 0 Å². The van der Waals surface area contributed by atoms with E-state index in [2.05, 4.69) is 37.8 Å². The van der Waals surface area contributed by atoms with Crippen LogP contribution in [0.2, 0.25) is 0 Å². The third-order valence-corrected chi connectivity index (χ3v) is 3.80. The summed E-state index contributed by atoms with van der Waals surface area (Å²) in [5, 5.41) is 0. The minimum atomic E-state index is -0.495. The van der Waals surface area contributed by atoms with Crippen LogP contribution in [0.25, 0.3) is 11.1 Å². The largest absolute Gasteiger partial charge is 0.457 e. The van der Waals surface area contributed by atoms with Crippen LogP contribution >= 0.6 is 0 Å². The average Bonchev–Trinajstić information content (AvgIpc) is 2.63. The number of benzene rings is 2. The maximum Gasteiger partial charge on any atom is 0.333 e. The molecule has 0 aliphatic rings. The van der Waals surface area contributed by atoms with E-state index in [1.807, 2.05) is 24.3 Å². The van der Waals surface area contributed by atoms with Gasteiger partial charge in [-0.2, -0.15) is 0 Å². The molecule has 0 aliphatic carbocycles. The zero-order valence-corrected chi connectivity index (χ0v) is 14.2. The Kier molecular flexibility index (Phi) is 7.09. The number of hydrogen-bond acceptors (Lipinski definition) is 3. The maximum absolute atomic E-state index is 10.9. The van der Waals surface area contributed by atoms with Crippen LogP contribution in [0.5, 0.6) is 5.75 Å². The van der Waals surface area contributed by atoms with Crippen LogP contribution in [0.3, 0.4) is 0 Å². The van der Waals surface area contributed by atoms with Crippen LogP contribution in [0.15, 0.2) is 61.2 Å². The molecule has 0 radical (unpaired) electrons. The number of carbonyl (C=O) groups is 1. The molecule has 0 aliphatic heterocycles. The molecule has 126 valence electrons. The van der Waals surface area contributed by atoms with E-state index < -0.39 is 5.97 Å². The summed E-state index contributed by atoms with van der Waals surface area (Å²) >= 11 is 0. The van der Waals surface area contributed by atoms with Gasteiger partial charge in [-0.3, -0.25) is 0 Å². The van der Waals surface area contributed by atoms with Crippen molar-refractivity contribution in [3.63, 3.8) is 0 Å². The smallest absolute Gasteiger partial charge is 0.333 e. The molecule has 0 amide bonds. The number of hydrogen-bond donors (Lipinski definition) is 0. The molecule has 0 atom stereocenters.